The maximum atomic E-state index is 5.37. The Morgan fingerprint density at radius 2 is 1.61 bits per heavy atom. The third kappa shape index (κ3) is 3.85. The molecule has 4 aromatic rings. The summed E-state index contributed by atoms with van der Waals surface area (Å²) in [6.07, 6.45) is 0. The summed E-state index contributed by atoms with van der Waals surface area (Å²) in [5.74, 6) is 1.36. The molecule has 1 N–H and O–H groups in total. The molecule has 28 heavy (non-hydrogen) atoms. The molecule has 0 saturated heterocycles. The van der Waals surface area contributed by atoms with E-state index in [4.69, 9.17) is 9.47 Å². The van der Waals surface area contributed by atoms with Crippen LogP contribution in [0.2, 0.25) is 0 Å². The van der Waals surface area contributed by atoms with Gasteiger partial charge in [0.05, 0.1) is 19.9 Å². The molecule has 2 aromatic carbocycles. The number of rotatable bonds is 6. The summed E-state index contributed by atoms with van der Waals surface area (Å²) in [5, 5.41) is 15.6. The van der Waals surface area contributed by atoms with Crippen molar-refractivity contribution in [1.82, 2.24) is 10.2 Å². The Morgan fingerprint density at radius 1 is 0.857 bits per heavy atom. The number of nitrogens with one attached hydrogen (secondary N) is 1. The Hall–Kier alpha value is -2.90. The summed E-state index contributed by atoms with van der Waals surface area (Å²) in [5.41, 5.74) is 4.42. The molecule has 0 aliphatic rings. The molecule has 0 aliphatic carbocycles. The highest BCUT2D eigenvalue weighted by Gasteiger charge is 2.12. The van der Waals surface area contributed by atoms with Crippen molar-refractivity contribution >= 4 is 33.5 Å². The molecule has 0 aliphatic heterocycles. The van der Waals surface area contributed by atoms with E-state index in [-0.39, 0.29) is 0 Å². The summed E-state index contributed by atoms with van der Waals surface area (Å²) in [6, 6.07) is 16.4. The van der Waals surface area contributed by atoms with Gasteiger partial charge in [-0.05, 0) is 36.8 Å². The number of methoxy groups -OCH3 is 2. The molecule has 5 nitrogen and oxygen atoms in total. The second-order valence-corrected chi connectivity index (χ2v) is 8.06. The molecule has 0 spiro atoms. The number of nitrogens with zero attached hydrogens (tertiary/aromatic N) is 2. The van der Waals surface area contributed by atoms with E-state index in [1.165, 1.54) is 27.3 Å². The fourth-order valence-corrected chi connectivity index (χ4v) is 4.36. The molecule has 4 rings (SSSR count). The molecular formula is C21H19N3O2S2. The zero-order valence-corrected chi connectivity index (χ0v) is 17.4. The molecule has 0 unspecified atom stereocenters. The van der Waals surface area contributed by atoms with Crippen LogP contribution in [0.1, 0.15) is 5.56 Å². The average Bonchev–Trinajstić information content (AvgIpc) is 3.38. The smallest absolute Gasteiger partial charge is 0.210 e. The lowest BCUT2D eigenvalue weighted by atomic mass is 10.1. The van der Waals surface area contributed by atoms with E-state index in [1.807, 2.05) is 18.2 Å². The molecule has 0 atom stereocenters. The second kappa shape index (κ2) is 8.00. The lowest BCUT2D eigenvalue weighted by Gasteiger charge is -2.07. The SMILES string of the molecule is COc1ccc(-c2nnc(Nc3csc(-c4ccc(C)cc4)c3)s2)cc1OC. The van der Waals surface area contributed by atoms with Crippen molar-refractivity contribution in [1.29, 1.82) is 0 Å². The molecule has 0 saturated carbocycles. The van der Waals surface area contributed by atoms with E-state index in [1.54, 1.807) is 25.6 Å². The number of aryl methyl sites for hydroxylation is 1. The van der Waals surface area contributed by atoms with Crippen LogP contribution in [-0.4, -0.2) is 24.4 Å². The molecule has 2 aromatic heterocycles. The van der Waals surface area contributed by atoms with Crippen LogP contribution in [-0.2, 0) is 0 Å². The molecule has 2 heterocycles. The lowest BCUT2D eigenvalue weighted by Crippen LogP contribution is -1.90. The zero-order chi connectivity index (χ0) is 19.5. The first kappa shape index (κ1) is 18.5. The van der Waals surface area contributed by atoms with Gasteiger partial charge in [0.25, 0.3) is 0 Å². The summed E-state index contributed by atoms with van der Waals surface area (Å²) < 4.78 is 10.7. The van der Waals surface area contributed by atoms with Gasteiger partial charge >= 0.3 is 0 Å². The first-order chi connectivity index (χ1) is 13.7. The van der Waals surface area contributed by atoms with Gasteiger partial charge in [0.15, 0.2) is 11.5 Å². The summed E-state index contributed by atoms with van der Waals surface area (Å²) in [4.78, 5) is 1.21. The van der Waals surface area contributed by atoms with Gasteiger partial charge in [-0.15, -0.1) is 21.5 Å². The quantitative estimate of drug-likeness (QED) is 0.423. The number of hydrogen-bond donors (Lipinski definition) is 1. The van der Waals surface area contributed by atoms with Crippen LogP contribution in [0.15, 0.2) is 53.9 Å². The average molecular weight is 410 g/mol. The highest BCUT2D eigenvalue weighted by molar-refractivity contribution is 7.18. The van der Waals surface area contributed by atoms with E-state index in [2.05, 4.69) is 58.1 Å². The molecule has 0 fully saturated rings. The van der Waals surface area contributed by atoms with Gasteiger partial charge in [-0.3, -0.25) is 0 Å². The molecule has 7 heteroatoms. The van der Waals surface area contributed by atoms with E-state index < -0.39 is 0 Å². The van der Waals surface area contributed by atoms with Crippen LogP contribution in [0.4, 0.5) is 10.8 Å². The van der Waals surface area contributed by atoms with Crippen molar-refractivity contribution < 1.29 is 9.47 Å². The van der Waals surface area contributed by atoms with Gasteiger partial charge in [-0.1, -0.05) is 41.2 Å². The van der Waals surface area contributed by atoms with E-state index >= 15 is 0 Å². The van der Waals surface area contributed by atoms with Gasteiger partial charge in [-0.2, -0.15) is 0 Å². The van der Waals surface area contributed by atoms with Gasteiger partial charge in [-0.25, -0.2) is 0 Å². The summed E-state index contributed by atoms with van der Waals surface area (Å²) in [6.45, 7) is 2.09. The number of hydrogen-bond acceptors (Lipinski definition) is 7. The topological polar surface area (TPSA) is 56.3 Å². The van der Waals surface area contributed by atoms with Gasteiger partial charge in [0, 0.05) is 15.8 Å². The Kier molecular flexibility index (Phi) is 5.27. The fraction of sp³-hybridized carbons (Fsp3) is 0.143. The standard InChI is InChI=1S/C21H19N3O2S2/c1-13-4-6-14(7-5-13)19-11-16(12-27-19)22-21-24-23-20(28-21)15-8-9-17(25-2)18(10-15)26-3/h4-12H,1-3H3,(H,22,24). The van der Waals surface area contributed by atoms with Crippen molar-refractivity contribution in [2.45, 2.75) is 6.92 Å². The van der Waals surface area contributed by atoms with Crippen molar-refractivity contribution in [2.75, 3.05) is 19.5 Å². The van der Waals surface area contributed by atoms with Crippen molar-refractivity contribution in [3.05, 3.63) is 59.5 Å². The van der Waals surface area contributed by atoms with Crippen LogP contribution in [0.3, 0.4) is 0 Å². The van der Waals surface area contributed by atoms with Gasteiger partial charge in [0.1, 0.15) is 5.01 Å². The first-order valence-electron chi connectivity index (χ1n) is 8.65. The highest BCUT2D eigenvalue weighted by atomic mass is 32.1. The minimum atomic E-state index is 0.672. The van der Waals surface area contributed by atoms with Crippen molar-refractivity contribution in [3.8, 4) is 32.5 Å². The zero-order valence-electron chi connectivity index (χ0n) is 15.7. The minimum absolute atomic E-state index is 0.672. The molecule has 0 radical (unpaired) electrons. The Bertz CT molecular complexity index is 1090. The normalized spacial score (nSPS) is 10.7. The molecule has 142 valence electrons. The van der Waals surface area contributed by atoms with Crippen LogP contribution >= 0.6 is 22.7 Å². The molecular weight excluding hydrogens is 390 g/mol. The number of benzene rings is 2. The van der Waals surface area contributed by atoms with Crippen LogP contribution in [0, 0.1) is 6.92 Å². The van der Waals surface area contributed by atoms with Crippen LogP contribution in [0.25, 0.3) is 21.0 Å². The Morgan fingerprint density at radius 3 is 2.36 bits per heavy atom. The number of anilines is 2. The Balaban J connectivity index is 1.52. The predicted molar refractivity (Wildman–Crippen MR) is 116 cm³/mol. The molecule has 0 bridgehead atoms. The number of thiophene rings is 1. The van der Waals surface area contributed by atoms with Gasteiger partial charge in [0.2, 0.25) is 5.13 Å². The Labute approximate surface area is 171 Å². The maximum absolute atomic E-state index is 5.37. The van der Waals surface area contributed by atoms with Gasteiger partial charge < -0.3 is 14.8 Å². The lowest BCUT2D eigenvalue weighted by molar-refractivity contribution is 0.355. The van der Waals surface area contributed by atoms with Crippen molar-refractivity contribution in [3.63, 3.8) is 0 Å². The summed E-state index contributed by atoms with van der Waals surface area (Å²) in [7, 11) is 3.24. The highest BCUT2D eigenvalue weighted by Crippen LogP contribution is 2.36. The minimum Gasteiger partial charge on any atom is -0.493 e. The number of ether oxygens (including phenoxy) is 2. The molecule has 0 amide bonds. The third-order valence-corrected chi connectivity index (χ3v) is 6.11. The third-order valence-electron chi connectivity index (χ3n) is 4.24. The van der Waals surface area contributed by atoms with E-state index in [9.17, 15) is 0 Å². The predicted octanol–water partition coefficient (Wildman–Crippen LogP) is 6.00. The summed E-state index contributed by atoms with van der Waals surface area (Å²) >= 11 is 3.20. The second-order valence-electron chi connectivity index (χ2n) is 6.17. The maximum Gasteiger partial charge on any atom is 0.210 e. The largest absolute Gasteiger partial charge is 0.493 e. The van der Waals surface area contributed by atoms with E-state index in [0.29, 0.717) is 11.5 Å². The fourth-order valence-electron chi connectivity index (χ4n) is 2.75. The van der Waals surface area contributed by atoms with Crippen LogP contribution in [0.5, 0.6) is 11.5 Å². The number of aromatic nitrogens is 2. The van der Waals surface area contributed by atoms with Crippen LogP contribution < -0.4 is 14.8 Å². The first-order valence-corrected chi connectivity index (χ1v) is 10.3. The monoisotopic (exact) mass is 409 g/mol. The van der Waals surface area contributed by atoms with E-state index in [0.717, 1.165) is 21.4 Å². The van der Waals surface area contributed by atoms with Crippen molar-refractivity contribution in [2.24, 2.45) is 0 Å².